The van der Waals surface area contributed by atoms with Crippen molar-refractivity contribution >= 4 is 5.97 Å². The Hall–Kier alpha value is -1.04. The van der Waals surface area contributed by atoms with Crippen LogP contribution in [-0.4, -0.2) is 11.1 Å². The molecule has 0 unspecified atom stereocenters. The van der Waals surface area contributed by atoms with E-state index in [4.69, 9.17) is 5.11 Å². The maximum absolute atomic E-state index is 10.9. The second kappa shape index (κ2) is 13.4. The van der Waals surface area contributed by atoms with E-state index in [1.54, 1.807) is 0 Å². The lowest BCUT2D eigenvalue weighted by Gasteiger charge is -2.43. The summed E-state index contributed by atoms with van der Waals surface area (Å²) in [6, 6.07) is 2.62. The van der Waals surface area contributed by atoms with Gasteiger partial charge in [-0.1, -0.05) is 78.1 Å². The first-order valence-corrected chi connectivity index (χ1v) is 13.1. The van der Waals surface area contributed by atoms with E-state index in [0.29, 0.717) is 6.42 Å². The third-order valence-corrected chi connectivity index (χ3v) is 8.65. The predicted molar refractivity (Wildman–Crippen MR) is 124 cm³/mol. The van der Waals surface area contributed by atoms with Crippen molar-refractivity contribution in [2.24, 2.45) is 29.1 Å². The molecule has 2 rings (SSSR count). The fourth-order valence-electron chi connectivity index (χ4n) is 6.30. The zero-order valence-electron chi connectivity index (χ0n) is 19.8. The minimum atomic E-state index is -0.739. The second-order valence-electron chi connectivity index (χ2n) is 10.6. The quantitative estimate of drug-likeness (QED) is 0.308. The Bertz CT molecular complexity index is 521. The largest absolute Gasteiger partial charge is 0.481 e. The molecule has 2 saturated carbocycles. The summed E-state index contributed by atoms with van der Waals surface area (Å²) in [6.07, 6.45) is 22.1. The standard InChI is InChI=1S/C27H47NO2/c1-3-4-5-6-7-8-9-10-23-12-14-24(15-13-23)25-17-19-27(21-28,20-18-25)22(2)11-16-26(29)30/h22-25H,3-20H2,1-2H3,(H,29,30)/t22-,23?,24?,25-,27-/m1/s1. The van der Waals surface area contributed by atoms with Crippen molar-refractivity contribution in [3.63, 3.8) is 0 Å². The molecule has 0 aromatic rings. The Morgan fingerprint density at radius 1 is 0.967 bits per heavy atom. The van der Waals surface area contributed by atoms with Gasteiger partial charge in [0, 0.05) is 6.42 Å². The molecule has 0 bridgehead atoms. The first-order chi connectivity index (χ1) is 14.5. The van der Waals surface area contributed by atoms with E-state index in [0.717, 1.165) is 30.6 Å². The van der Waals surface area contributed by atoms with Crippen LogP contribution in [0.25, 0.3) is 0 Å². The van der Waals surface area contributed by atoms with E-state index in [2.05, 4.69) is 19.9 Å². The number of rotatable bonds is 13. The van der Waals surface area contributed by atoms with Gasteiger partial charge < -0.3 is 5.11 Å². The van der Waals surface area contributed by atoms with E-state index in [-0.39, 0.29) is 17.8 Å². The molecule has 2 aliphatic carbocycles. The van der Waals surface area contributed by atoms with Crippen molar-refractivity contribution in [3.8, 4) is 6.07 Å². The molecular formula is C27H47NO2. The number of carboxylic acid groups (broad SMARTS) is 1. The van der Waals surface area contributed by atoms with Crippen LogP contribution in [0.15, 0.2) is 0 Å². The van der Waals surface area contributed by atoms with Crippen molar-refractivity contribution in [2.75, 3.05) is 0 Å². The Kier molecular flexibility index (Phi) is 11.3. The molecule has 1 atom stereocenters. The Morgan fingerprint density at radius 3 is 2.10 bits per heavy atom. The summed E-state index contributed by atoms with van der Waals surface area (Å²) in [5.74, 6) is 2.10. The first kappa shape index (κ1) is 25.2. The van der Waals surface area contributed by atoms with Crippen LogP contribution in [0.5, 0.6) is 0 Å². The van der Waals surface area contributed by atoms with E-state index in [1.807, 2.05) is 0 Å². The molecule has 0 aromatic carbocycles. The molecule has 1 N–H and O–H groups in total. The van der Waals surface area contributed by atoms with E-state index in [9.17, 15) is 10.1 Å². The number of unbranched alkanes of at least 4 members (excludes halogenated alkanes) is 6. The highest BCUT2D eigenvalue weighted by Gasteiger charge is 2.42. The normalized spacial score (nSPS) is 30.5. The Labute approximate surface area is 186 Å². The van der Waals surface area contributed by atoms with Gasteiger partial charge in [0.05, 0.1) is 11.5 Å². The monoisotopic (exact) mass is 417 g/mol. The van der Waals surface area contributed by atoms with Gasteiger partial charge >= 0.3 is 5.97 Å². The van der Waals surface area contributed by atoms with Gasteiger partial charge in [-0.3, -0.25) is 4.79 Å². The van der Waals surface area contributed by atoms with Gasteiger partial charge in [0.2, 0.25) is 0 Å². The minimum absolute atomic E-state index is 0.191. The SMILES string of the molecule is CCCCCCCCCC1CCC([C@H]2CC[C@](C#N)([C@H](C)CCC(=O)O)CC2)CC1. The van der Waals surface area contributed by atoms with Crippen molar-refractivity contribution in [1.82, 2.24) is 0 Å². The van der Waals surface area contributed by atoms with Crippen molar-refractivity contribution < 1.29 is 9.90 Å². The maximum atomic E-state index is 10.9. The lowest BCUT2D eigenvalue weighted by atomic mass is 9.60. The minimum Gasteiger partial charge on any atom is -0.481 e. The lowest BCUT2D eigenvalue weighted by Crippen LogP contribution is -2.35. The number of carbonyl (C=O) groups is 1. The van der Waals surface area contributed by atoms with Crippen molar-refractivity contribution in [1.29, 1.82) is 5.26 Å². The fourth-order valence-corrected chi connectivity index (χ4v) is 6.30. The highest BCUT2D eigenvalue weighted by atomic mass is 16.4. The van der Waals surface area contributed by atoms with Gasteiger partial charge in [0.15, 0.2) is 0 Å². The Balaban J connectivity index is 1.64. The van der Waals surface area contributed by atoms with Gasteiger partial charge in [-0.05, 0) is 68.6 Å². The summed E-state index contributed by atoms with van der Waals surface area (Å²) in [7, 11) is 0. The second-order valence-corrected chi connectivity index (χ2v) is 10.6. The molecule has 0 aliphatic heterocycles. The molecule has 0 aromatic heterocycles. The molecule has 3 nitrogen and oxygen atoms in total. The van der Waals surface area contributed by atoms with E-state index < -0.39 is 5.97 Å². The van der Waals surface area contributed by atoms with Crippen LogP contribution in [-0.2, 0) is 4.79 Å². The van der Waals surface area contributed by atoms with E-state index in [1.165, 1.54) is 89.9 Å². The fraction of sp³-hybridized carbons (Fsp3) is 0.926. The predicted octanol–water partition coefficient (Wildman–Crippen LogP) is 8.13. The molecule has 30 heavy (non-hydrogen) atoms. The summed E-state index contributed by atoms with van der Waals surface area (Å²) in [6.45, 7) is 4.38. The summed E-state index contributed by atoms with van der Waals surface area (Å²) in [4.78, 5) is 10.9. The Morgan fingerprint density at radius 2 is 1.53 bits per heavy atom. The molecule has 0 spiro atoms. The summed E-state index contributed by atoms with van der Waals surface area (Å²) < 4.78 is 0. The molecule has 3 heteroatoms. The van der Waals surface area contributed by atoms with Crippen LogP contribution >= 0.6 is 0 Å². The number of hydrogen-bond acceptors (Lipinski definition) is 2. The number of aliphatic carboxylic acids is 1. The number of hydrogen-bond donors (Lipinski definition) is 1. The average Bonchev–Trinajstić information content (AvgIpc) is 2.77. The van der Waals surface area contributed by atoms with Gasteiger partial charge in [-0.25, -0.2) is 0 Å². The highest BCUT2D eigenvalue weighted by Crippen LogP contribution is 2.49. The molecule has 2 aliphatic rings. The number of nitriles is 1. The van der Waals surface area contributed by atoms with Gasteiger partial charge in [0.1, 0.15) is 0 Å². The number of carboxylic acids is 1. The molecular weight excluding hydrogens is 370 g/mol. The topological polar surface area (TPSA) is 61.1 Å². The molecule has 0 radical (unpaired) electrons. The van der Waals surface area contributed by atoms with Crippen LogP contribution in [0.1, 0.15) is 129 Å². The van der Waals surface area contributed by atoms with Gasteiger partial charge in [0.25, 0.3) is 0 Å². The van der Waals surface area contributed by atoms with Gasteiger partial charge in [-0.15, -0.1) is 0 Å². The number of nitrogens with zero attached hydrogens (tertiary/aromatic N) is 1. The molecule has 2 fully saturated rings. The van der Waals surface area contributed by atoms with Crippen LogP contribution in [0.2, 0.25) is 0 Å². The summed E-state index contributed by atoms with van der Waals surface area (Å²) >= 11 is 0. The van der Waals surface area contributed by atoms with Crippen LogP contribution in [0.4, 0.5) is 0 Å². The third-order valence-electron chi connectivity index (χ3n) is 8.65. The van der Waals surface area contributed by atoms with Crippen molar-refractivity contribution in [3.05, 3.63) is 0 Å². The third kappa shape index (κ3) is 7.90. The van der Waals surface area contributed by atoms with E-state index >= 15 is 0 Å². The molecule has 0 heterocycles. The summed E-state index contributed by atoms with van der Waals surface area (Å²) in [5, 5.41) is 18.9. The van der Waals surface area contributed by atoms with Gasteiger partial charge in [-0.2, -0.15) is 5.26 Å². The molecule has 172 valence electrons. The molecule has 0 amide bonds. The van der Waals surface area contributed by atoms with Crippen LogP contribution in [0, 0.1) is 40.4 Å². The van der Waals surface area contributed by atoms with Crippen LogP contribution < -0.4 is 0 Å². The van der Waals surface area contributed by atoms with Crippen LogP contribution in [0.3, 0.4) is 0 Å². The zero-order valence-corrected chi connectivity index (χ0v) is 19.8. The molecule has 0 saturated heterocycles. The zero-order chi connectivity index (χ0) is 21.8. The lowest BCUT2D eigenvalue weighted by molar-refractivity contribution is -0.137. The summed E-state index contributed by atoms with van der Waals surface area (Å²) in [5.41, 5.74) is -0.277. The highest BCUT2D eigenvalue weighted by molar-refractivity contribution is 5.66. The maximum Gasteiger partial charge on any atom is 0.303 e. The smallest absolute Gasteiger partial charge is 0.303 e. The van der Waals surface area contributed by atoms with Crippen molar-refractivity contribution in [2.45, 2.75) is 129 Å². The first-order valence-electron chi connectivity index (χ1n) is 13.1. The average molecular weight is 418 g/mol.